The van der Waals surface area contributed by atoms with Crippen molar-refractivity contribution in [3.05, 3.63) is 11.6 Å². The van der Waals surface area contributed by atoms with Crippen molar-refractivity contribution < 1.29 is 9.53 Å². The highest BCUT2D eigenvalue weighted by atomic mass is 16.5. The van der Waals surface area contributed by atoms with Crippen molar-refractivity contribution in [2.45, 2.75) is 133 Å². The van der Waals surface area contributed by atoms with Gasteiger partial charge >= 0.3 is 5.97 Å². The van der Waals surface area contributed by atoms with Crippen molar-refractivity contribution in [2.24, 2.45) is 50.2 Å². The van der Waals surface area contributed by atoms with Crippen LogP contribution in [0, 0.1) is 50.2 Å². The summed E-state index contributed by atoms with van der Waals surface area (Å²) in [6.45, 7) is 22.3. The van der Waals surface area contributed by atoms with Gasteiger partial charge in [-0.1, -0.05) is 60.1 Å². The summed E-state index contributed by atoms with van der Waals surface area (Å²) in [5.41, 5.74) is 3.75. The fourth-order valence-corrected chi connectivity index (χ4v) is 11.8. The van der Waals surface area contributed by atoms with Crippen LogP contribution in [0.25, 0.3) is 0 Å². The predicted octanol–water partition coefficient (Wildman–Crippen LogP) is 8.74. The topological polar surface area (TPSA) is 26.3 Å². The van der Waals surface area contributed by atoms with Gasteiger partial charge in [-0.2, -0.15) is 0 Å². The number of allylic oxidation sites excluding steroid dienone is 2. The molecule has 0 aromatic carbocycles. The molecule has 0 aromatic heterocycles. The van der Waals surface area contributed by atoms with Crippen LogP contribution in [0.1, 0.15) is 127 Å². The number of carbonyl (C=O) groups is 1. The molecule has 0 N–H and O–H groups in total. The van der Waals surface area contributed by atoms with Crippen LogP contribution in [-0.4, -0.2) is 12.1 Å². The van der Waals surface area contributed by atoms with Gasteiger partial charge in [-0.3, -0.25) is 4.79 Å². The van der Waals surface area contributed by atoms with E-state index in [9.17, 15) is 4.79 Å². The highest BCUT2D eigenvalue weighted by Crippen LogP contribution is 2.79. The van der Waals surface area contributed by atoms with Gasteiger partial charge in [-0.05, 0) is 116 Å². The van der Waals surface area contributed by atoms with E-state index in [4.69, 9.17) is 4.74 Å². The number of fused-ring (bicyclic) bond motifs is 7. The van der Waals surface area contributed by atoms with E-state index in [0.29, 0.717) is 33.0 Å². The van der Waals surface area contributed by atoms with Gasteiger partial charge in [0.15, 0.2) is 0 Å². The quantitative estimate of drug-likeness (QED) is 0.284. The summed E-state index contributed by atoms with van der Waals surface area (Å²) in [5, 5.41) is 0. The zero-order valence-electron chi connectivity index (χ0n) is 23.8. The summed E-state index contributed by atoms with van der Waals surface area (Å²) >= 11 is 0. The van der Waals surface area contributed by atoms with Gasteiger partial charge in [0.25, 0.3) is 0 Å². The van der Waals surface area contributed by atoms with E-state index in [1.807, 2.05) is 0 Å². The molecule has 2 heteroatoms. The second-order valence-electron chi connectivity index (χ2n) is 15.5. The Hall–Kier alpha value is -0.790. The van der Waals surface area contributed by atoms with Gasteiger partial charge in [0, 0.05) is 12.3 Å². The molecule has 0 aromatic rings. The average Bonchev–Trinajstić information content (AvgIpc) is 2.73. The van der Waals surface area contributed by atoms with E-state index < -0.39 is 0 Å². The van der Waals surface area contributed by atoms with Crippen LogP contribution in [0.5, 0.6) is 0 Å². The number of ether oxygens (including phenoxy) is 1. The molecule has 4 fully saturated rings. The second kappa shape index (κ2) is 7.38. The molecule has 4 saturated carbocycles. The summed E-state index contributed by atoms with van der Waals surface area (Å²) in [5.74, 6) is 2.13. The van der Waals surface area contributed by atoms with Crippen molar-refractivity contribution >= 4 is 5.97 Å². The molecule has 34 heavy (non-hydrogen) atoms. The predicted molar refractivity (Wildman–Crippen MR) is 140 cm³/mol. The molecule has 0 unspecified atom stereocenters. The van der Waals surface area contributed by atoms with Crippen molar-refractivity contribution in [3.63, 3.8) is 0 Å². The number of rotatable bonds is 1. The fraction of sp³-hybridized carbons (Fsp3) is 0.906. The molecule has 0 bridgehead atoms. The average molecular weight is 469 g/mol. The summed E-state index contributed by atoms with van der Waals surface area (Å²) in [7, 11) is 0. The summed E-state index contributed by atoms with van der Waals surface area (Å²) in [6.07, 6.45) is 15.7. The number of esters is 1. The maximum atomic E-state index is 11.9. The Bertz CT molecular complexity index is 901. The number of hydrogen-bond acceptors (Lipinski definition) is 2. The largest absolute Gasteiger partial charge is 0.462 e. The summed E-state index contributed by atoms with van der Waals surface area (Å²) in [4.78, 5) is 11.9. The highest BCUT2D eigenvalue weighted by molar-refractivity contribution is 5.66. The van der Waals surface area contributed by atoms with Crippen LogP contribution < -0.4 is 0 Å². The minimum atomic E-state index is -0.106. The zero-order chi connectivity index (χ0) is 24.9. The third-order valence-electron chi connectivity index (χ3n) is 14.0. The Morgan fingerprint density at radius 3 is 2.09 bits per heavy atom. The highest BCUT2D eigenvalue weighted by Gasteiger charge is 2.72. The SMILES string of the molecule is CC(=O)O[C@H]1CC[C@]2(C)[C@H]3CC[C@]4(C)[C@H]5CC(C)=CC[C@]5(C)CC[C@@]4(C)[C@]3(C)CC[C@H]2C1(C)C. The minimum absolute atomic E-state index is 0.0536. The third kappa shape index (κ3) is 2.95. The monoisotopic (exact) mass is 468 g/mol. The molecule has 5 rings (SSSR count). The van der Waals surface area contributed by atoms with E-state index in [1.54, 1.807) is 12.5 Å². The van der Waals surface area contributed by atoms with Gasteiger partial charge in [0.1, 0.15) is 6.10 Å². The maximum absolute atomic E-state index is 11.9. The fourth-order valence-electron chi connectivity index (χ4n) is 11.8. The molecule has 0 amide bonds. The van der Waals surface area contributed by atoms with Gasteiger partial charge in [-0.15, -0.1) is 0 Å². The lowest BCUT2D eigenvalue weighted by Crippen LogP contribution is -2.69. The first-order chi connectivity index (χ1) is 15.6. The molecule has 0 aliphatic heterocycles. The number of carbonyl (C=O) groups excluding carboxylic acids is 1. The van der Waals surface area contributed by atoms with Crippen LogP contribution in [0.3, 0.4) is 0 Å². The molecule has 5 aliphatic rings. The van der Waals surface area contributed by atoms with E-state index >= 15 is 0 Å². The first-order valence-electron chi connectivity index (χ1n) is 14.5. The lowest BCUT2D eigenvalue weighted by atomic mass is 9.28. The van der Waals surface area contributed by atoms with E-state index in [2.05, 4.69) is 61.5 Å². The van der Waals surface area contributed by atoms with Crippen molar-refractivity contribution in [1.29, 1.82) is 0 Å². The van der Waals surface area contributed by atoms with Crippen molar-refractivity contribution in [3.8, 4) is 0 Å². The molecule has 192 valence electrons. The van der Waals surface area contributed by atoms with E-state index in [0.717, 1.165) is 18.3 Å². The Balaban J connectivity index is 1.52. The first-order valence-corrected chi connectivity index (χ1v) is 14.5. The van der Waals surface area contributed by atoms with Gasteiger partial charge in [0.05, 0.1) is 0 Å². The molecular weight excluding hydrogens is 416 g/mol. The third-order valence-corrected chi connectivity index (χ3v) is 14.0. The summed E-state index contributed by atoms with van der Waals surface area (Å²) < 4.78 is 5.92. The number of hydrogen-bond donors (Lipinski definition) is 0. The van der Waals surface area contributed by atoms with Crippen molar-refractivity contribution in [2.75, 3.05) is 0 Å². The van der Waals surface area contributed by atoms with Gasteiger partial charge in [-0.25, -0.2) is 0 Å². The Labute approximate surface area is 210 Å². The minimum Gasteiger partial charge on any atom is -0.462 e. The lowest BCUT2D eigenvalue weighted by molar-refractivity contribution is -0.277. The molecule has 0 spiro atoms. The zero-order valence-corrected chi connectivity index (χ0v) is 23.8. The van der Waals surface area contributed by atoms with Crippen LogP contribution in [0.2, 0.25) is 0 Å². The molecule has 0 radical (unpaired) electrons. The molecule has 5 aliphatic carbocycles. The Kier molecular flexibility index (Phi) is 5.40. The molecule has 0 heterocycles. The smallest absolute Gasteiger partial charge is 0.302 e. The molecule has 9 atom stereocenters. The second-order valence-corrected chi connectivity index (χ2v) is 15.5. The molecule has 0 saturated heterocycles. The Morgan fingerprint density at radius 1 is 0.824 bits per heavy atom. The van der Waals surface area contributed by atoms with Gasteiger partial charge in [0.2, 0.25) is 0 Å². The van der Waals surface area contributed by atoms with Crippen LogP contribution in [-0.2, 0) is 9.53 Å². The standard InChI is InChI=1S/C32H52O2/c1-21-10-14-28(5)18-19-32(9)30(7)16-11-23-27(3,4)26(34-22(2)33)13-15-29(23,6)24(30)12-17-31(32,8)25(28)20-21/h10,23-26H,11-20H2,1-9H3/t23-,24+,25-,26-,28+,29-,30+,31+,32-/m0/s1. The molecular formula is C32H52O2. The molecule has 2 nitrogen and oxygen atoms in total. The lowest BCUT2D eigenvalue weighted by Gasteiger charge is -2.76. The van der Waals surface area contributed by atoms with Gasteiger partial charge < -0.3 is 4.74 Å². The van der Waals surface area contributed by atoms with E-state index in [-0.39, 0.29) is 17.5 Å². The normalized spacial score (nSPS) is 54.0. The van der Waals surface area contributed by atoms with Crippen LogP contribution >= 0.6 is 0 Å². The van der Waals surface area contributed by atoms with Crippen LogP contribution in [0.15, 0.2) is 11.6 Å². The first kappa shape index (κ1) is 24.9. The van der Waals surface area contributed by atoms with Crippen molar-refractivity contribution in [1.82, 2.24) is 0 Å². The maximum Gasteiger partial charge on any atom is 0.302 e. The van der Waals surface area contributed by atoms with Crippen LogP contribution in [0.4, 0.5) is 0 Å². The van der Waals surface area contributed by atoms with E-state index in [1.165, 1.54) is 57.8 Å². The Morgan fingerprint density at radius 2 is 1.44 bits per heavy atom. The summed E-state index contributed by atoms with van der Waals surface area (Å²) in [6, 6.07) is 0.